The summed E-state index contributed by atoms with van der Waals surface area (Å²) < 4.78 is 32.9. The normalized spacial score (nSPS) is 12.9. The average molecular weight is 336 g/mol. The highest BCUT2D eigenvalue weighted by molar-refractivity contribution is 7.89. The van der Waals surface area contributed by atoms with Gasteiger partial charge in [0.2, 0.25) is 15.9 Å². The number of nitrogens with one attached hydrogen (secondary N) is 2. The van der Waals surface area contributed by atoms with Gasteiger partial charge in [0.05, 0.1) is 0 Å². The minimum atomic E-state index is -3.68. The first-order valence-corrected chi connectivity index (χ1v) is 8.64. The van der Waals surface area contributed by atoms with Crippen molar-refractivity contribution in [3.05, 3.63) is 47.4 Å². The Kier molecular flexibility index (Phi) is 4.91. The number of anilines is 1. The maximum atomic E-state index is 12.5. The lowest BCUT2D eigenvalue weighted by atomic mass is 10.1. The highest BCUT2D eigenvalue weighted by Crippen LogP contribution is 2.23. The second-order valence-corrected chi connectivity index (χ2v) is 7.11. The molecule has 1 heterocycles. The zero-order valence-electron chi connectivity index (χ0n) is 13.5. The molecule has 0 aliphatic rings. The van der Waals surface area contributed by atoms with E-state index in [0.29, 0.717) is 17.2 Å². The van der Waals surface area contributed by atoms with E-state index in [1.54, 1.807) is 45.0 Å². The maximum Gasteiger partial charge on any atom is 0.244 e. The van der Waals surface area contributed by atoms with Gasteiger partial charge in [-0.1, -0.05) is 12.1 Å². The zero-order chi connectivity index (χ0) is 17.2. The van der Waals surface area contributed by atoms with Crippen LogP contribution in [0.2, 0.25) is 0 Å². The van der Waals surface area contributed by atoms with Gasteiger partial charge in [0, 0.05) is 18.7 Å². The third kappa shape index (κ3) is 4.20. The van der Waals surface area contributed by atoms with E-state index in [-0.39, 0.29) is 10.8 Å². The Hall–Kier alpha value is -2.12. The van der Waals surface area contributed by atoms with Crippen LogP contribution in [0.1, 0.15) is 37.0 Å². The van der Waals surface area contributed by atoms with E-state index < -0.39 is 16.1 Å². The van der Waals surface area contributed by atoms with Crippen LogP contribution < -0.4 is 10.0 Å². The van der Waals surface area contributed by atoms with Gasteiger partial charge >= 0.3 is 0 Å². The van der Waals surface area contributed by atoms with Crippen molar-refractivity contribution in [1.29, 1.82) is 0 Å². The minimum absolute atomic E-state index is 0.139. The van der Waals surface area contributed by atoms with E-state index >= 15 is 0 Å². The largest absolute Gasteiger partial charge is 0.465 e. The molecule has 7 heteroatoms. The molecule has 0 radical (unpaired) electrons. The number of hydrogen-bond donors (Lipinski definition) is 2. The number of sulfonamides is 1. The SMILES string of the molecule is CC(=O)Nc1cccc([C@H](C)NS(=O)(=O)c2cc(C)oc2C)c1. The first kappa shape index (κ1) is 17.2. The van der Waals surface area contributed by atoms with E-state index in [1.165, 1.54) is 13.0 Å². The lowest BCUT2D eigenvalue weighted by Crippen LogP contribution is -2.27. The molecule has 0 saturated heterocycles. The fourth-order valence-electron chi connectivity index (χ4n) is 2.33. The minimum Gasteiger partial charge on any atom is -0.465 e. The summed E-state index contributed by atoms with van der Waals surface area (Å²) in [7, 11) is -3.68. The molecule has 0 aliphatic heterocycles. The van der Waals surface area contributed by atoms with Crippen molar-refractivity contribution in [2.45, 2.75) is 38.6 Å². The summed E-state index contributed by atoms with van der Waals surface area (Å²) in [6.07, 6.45) is 0. The predicted molar refractivity (Wildman–Crippen MR) is 87.7 cm³/mol. The quantitative estimate of drug-likeness (QED) is 0.879. The fraction of sp³-hybridized carbons (Fsp3) is 0.312. The van der Waals surface area contributed by atoms with Crippen LogP contribution in [0.25, 0.3) is 0 Å². The van der Waals surface area contributed by atoms with Crippen molar-refractivity contribution in [3.63, 3.8) is 0 Å². The number of aryl methyl sites for hydroxylation is 2. The van der Waals surface area contributed by atoms with Crippen molar-refractivity contribution in [1.82, 2.24) is 4.72 Å². The van der Waals surface area contributed by atoms with Crippen molar-refractivity contribution < 1.29 is 17.6 Å². The number of benzene rings is 1. The van der Waals surface area contributed by atoms with Crippen molar-refractivity contribution in [2.75, 3.05) is 5.32 Å². The van der Waals surface area contributed by atoms with E-state index in [2.05, 4.69) is 10.0 Å². The highest BCUT2D eigenvalue weighted by Gasteiger charge is 2.23. The van der Waals surface area contributed by atoms with Gasteiger partial charge in [-0.15, -0.1) is 0 Å². The Labute approximate surface area is 135 Å². The van der Waals surface area contributed by atoms with Crippen LogP contribution in [0.3, 0.4) is 0 Å². The van der Waals surface area contributed by atoms with Gasteiger partial charge in [-0.25, -0.2) is 13.1 Å². The van der Waals surface area contributed by atoms with Gasteiger partial charge in [-0.05, 0) is 44.5 Å². The molecule has 0 saturated carbocycles. The molecule has 0 aliphatic carbocycles. The summed E-state index contributed by atoms with van der Waals surface area (Å²) in [4.78, 5) is 11.3. The second kappa shape index (κ2) is 6.55. The number of carbonyl (C=O) groups is 1. The van der Waals surface area contributed by atoms with E-state index in [9.17, 15) is 13.2 Å². The topological polar surface area (TPSA) is 88.4 Å². The smallest absolute Gasteiger partial charge is 0.244 e. The van der Waals surface area contributed by atoms with Crippen LogP contribution in [0.15, 0.2) is 39.6 Å². The van der Waals surface area contributed by atoms with Crippen LogP contribution in [0.4, 0.5) is 5.69 Å². The first-order valence-electron chi connectivity index (χ1n) is 7.16. The number of carbonyl (C=O) groups excluding carboxylic acids is 1. The number of amides is 1. The van der Waals surface area contributed by atoms with Crippen LogP contribution in [0, 0.1) is 13.8 Å². The van der Waals surface area contributed by atoms with Crippen LogP contribution in [-0.2, 0) is 14.8 Å². The summed E-state index contributed by atoms with van der Waals surface area (Å²) in [5, 5.41) is 2.68. The third-order valence-electron chi connectivity index (χ3n) is 3.32. The lowest BCUT2D eigenvalue weighted by Gasteiger charge is -2.15. The number of rotatable bonds is 5. The van der Waals surface area contributed by atoms with Crippen molar-refractivity contribution >= 4 is 21.6 Å². The molecule has 124 valence electrons. The Morgan fingerprint density at radius 1 is 1.22 bits per heavy atom. The molecule has 0 spiro atoms. The Bertz CT molecular complexity index is 824. The Morgan fingerprint density at radius 3 is 2.48 bits per heavy atom. The van der Waals surface area contributed by atoms with Gasteiger partial charge in [0.1, 0.15) is 16.4 Å². The third-order valence-corrected chi connectivity index (χ3v) is 4.97. The molecule has 0 unspecified atom stereocenters. The molecule has 1 atom stereocenters. The van der Waals surface area contributed by atoms with E-state index in [0.717, 1.165) is 5.56 Å². The fourth-order valence-corrected chi connectivity index (χ4v) is 3.80. The highest BCUT2D eigenvalue weighted by atomic mass is 32.2. The molecule has 2 N–H and O–H groups in total. The number of furan rings is 1. The van der Waals surface area contributed by atoms with Crippen LogP contribution >= 0.6 is 0 Å². The van der Waals surface area contributed by atoms with Gasteiger partial charge in [-0.3, -0.25) is 4.79 Å². The van der Waals surface area contributed by atoms with Gasteiger partial charge in [0.15, 0.2) is 0 Å². The van der Waals surface area contributed by atoms with E-state index in [1.807, 2.05) is 0 Å². The molecule has 1 aromatic heterocycles. The molecule has 0 bridgehead atoms. The summed E-state index contributed by atoms with van der Waals surface area (Å²) in [5.74, 6) is 0.720. The van der Waals surface area contributed by atoms with E-state index in [4.69, 9.17) is 4.42 Å². The summed E-state index contributed by atoms with van der Waals surface area (Å²) >= 11 is 0. The van der Waals surface area contributed by atoms with Gasteiger partial charge in [-0.2, -0.15) is 0 Å². The molecular weight excluding hydrogens is 316 g/mol. The maximum absolute atomic E-state index is 12.5. The molecule has 0 fully saturated rings. The zero-order valence-corrected chi connectivity index (χ0v) is 14.3. The summed E-state index contributed by atoms with van der Waals surface area (Å²) in [6.45, 7) is 6.48. The molecule has 6 nitrogen and oxygen atoms in total. The molecule has 2 aromatic rings. The van der Waals surface area contributed by atoms with Crippen LogP contribution in [-0.4, -0.2) is 14.3 Å². The lowest BCUT2D eigenvalue weighted by molar-refractivity contribution is -0.114. The summed E-state index contributed by atoms with van der Waals surface area (Å²) in [6, 6.07) is 8.09. The van der Waals surface area contributed by atoms with Crippen molar-refractivity contribution in [2.24, 2.45) is 0 Å². The Morgan fingerprint density at radius 2 is 1.91 bits per heavy atom. The van der Waals surface area contributed by atoms with Crippen molar-refractivity contribution in [3.8, 4) is 0 Å². The van der Waals surface area contributed by atoms with Crippen LogP contribution in [0.5, 0.6) is 0 Å². The molecular formula is C16H20N2O4S. The monoisotopic (exact) mass is 336 g/mol. The standard InChI is InChI=1S/C16H20N2O4S/c1-10-8-16(12(3)22-10)23(20,21)18-11(2)14-6-5-7-15(9-14)17-13(4)19/h5-9,11,18H,1-4H3,(H,17,19)/t11-/m0/s1. The molecule has 1 amide bonds. The predicted octanol–water partition coefficient (Wildman–Crippen LogP) is 2.89. The van der Waals surface area contributed by atoms with Gasteiger partial charge in [0.25, 0.3) is 0 Å². The average Bonchev–Trinajstić information content (AvgIpc) is 2.77. The molecule has 1 aromatic carbocycles. The second-order valence-electron chi connectivity index (χ2n) is 5.43. The Balaban J connectivity index is 2.23. The summed E-state index contributed by atoms with van der Waals surface area (Å²) in [5.41, 5.74) is 1.37. The van der Waals surface area contributed by atoms with Gasteiger partial charge < -0.3 is 9.73 Å². The first-order chi connectivity index (χ1) is 10.7. The molecule has 23 heavy (non-hydrogen) atoms. The number of hydrogen-bond acceptors (Lipinski definition) is 4. The molecule has 2 rings (SSSR count).